The van der Waals surface area contributed by atoms with E-state index in [-0.39, 0.29) is 23.9 Å². The first-order valence-corrected chi connectivity index (χ1v) is 12.5. The molecule has 1 amide bonds. The molecule has 2 aromatic heterocycles. The number of benzene rings is 2. The van der Waals surface area contributed by atoms with E-state index in [1.807, 2.05) is 44.2 Å². The van der Waals surface area contributed by atoms with Crippen molar-refractivity contribution in [3.8, 4) is 0 Å². The lowest BCUT2D eigenvalue weighted by Gasteiger charge is -2.27. The maximum Gasteiger partial charge on any atom is 0.258 e. The van der Waals surface area contributed by atoms with E-state index in [2.05, 4.69) is 4.98 Å². The molecule has 2 aromatic carbocycles. The minimum absolute atomic E-state index is 0.0301. The van der Waals surface area contributed by atoms with E-state index in [0.717, 1.165) is 12.0 Å². The Kier molecular flexibility index (Phi) is 6.65. The molecule has 1 aliphatic heterocycles. The Labute approximate surface area is 218 Å². The van der Waals surface area contributed by atoms with Gasteiger partial charge in [0.05, 0.1) is 23.6 Å². The fourth-order valence-electron chi connectivity index (χ4n) is 4.45. The summed E-state index contributed by atoms with van der Waals surface area (Å²) in [7, 11) is 0. The first-order valence-electron chi connectivity index (χ1n) is 11.8. The Bertz CT molecular complexity index is 1560. The van der Waals surface area contributed by atoms with Crippen molar-refractivity contribution in [2.24, 2.45) is 10.9 Å². The number of rotatable bonds is 5. The fraction of sp³-hybridized carbons (Fsp3) is 0.214. The Morgan fingerprint density at radius 3 is 2.53 bits per heavy atom. The lowest BCUT2D eigenvalue weighted by Crippen LogP contribution is -2.40. The molecule has 4 aromatic rings. The molecule has 36 heavy (non-hydrogen) atoms. The van der Waals surface area contributed by atoms with Gasteiger partial charge in [-0.2, -0.15) is 0 Å². The first-order chi connectivity index (χ1) is 17.4. The Morgan fingerprint density at radius 1 is 0.972 bits per heavy atom. The summed E-state index contributed by atoms with van der Waals surface area (Å²) in [5.41, 5.74) is 3.49. The third-order valence-corrected chi connectivity index (χ3v) is 7.11. The first kappa shape index (κ1) is 24.2. The van der Waals surface area contributed by atoms with Crippen molar-refractivity contribution in [3.63, 3.8) is 0 Å². The van der Waals surface area contributed by atoms with Crippen LogP contribution >= 0.6 is 23.2 Å². The molecule has 5 rings (SSSR count). The molecule has 0 unspecified atom stereocenters. The van der Waals surface area contributed by atoms with Crippen LogP contribution < -0.4 is 10.5 Å². The van der Waals surface area contributed by atoms with Gasteiger partial charge in [0.1, 0.15) is 11.7 Å². The smallest absolute Gasteiger partial charge is 0.258 e. The van der Waals surface area contributed by atoms with Crippen molar-refractivity contribution in [1.82, 2.24) is 9.38 Å². The van der Waals surface area contributed by atoms with Crippen LogP contribution in [0.15, 0.2) is 82.7 Å². The lowest BCUT2D eigenvalue weighted by molar-refractivity contribution is -0.120. The van der Waals surface area contributed by atoms with Crippen LogP contribution in [0.1, 0.15) is 37.1 Å². The number of halogens is 2. The maximum absolute atomic E-state index is 14.0. The van der Waals surface area contributed by atoms with Gasteiger partial charge in [-0.15, -0.1) is 0 Å². The zero-order valence-electron chi connectivity index (χ0n) is 19.9. The summed E-state index contributed by atoms with van der Waals surface area (Å²) in [5.74, 6) is -0.192. The van der Waals surface area contributed by atoms with E-state index in [1.54, 1.807) is 41.4 Å². The van der Waals surface area contributed by atoms with Crippen molar-refractivity contribution in [3.05, 3.63) is 110 Å². The molecule has 0 saturated heterocycles. The van der Waals surface area contributed by atoms with Gasteiger partial charge < -0.3 is 4.90 Å². The summed E-state index contributed by atoms with van der Waals surface area (Å²) in [6.07, 6.45) is 2.43. The molecule has 0 aliphatic carbocycles. The molecule has 0 bridgehead atoms. The van der Waals surface area contributed by atoms with Crippen LogP contribution in [0.25, 0.3) is 5.65 Å². The molecule has 2 atom stereocenters. The van der Waals surface area contributed by atoms with Gasteiger partial charge in [-0.1, -0.05) is 67.7 Å². The Balaban J connectivity index is 1.71. The van der Waals surface area contributed by atoms with Gasteiger partial charge in [0.2, 0.25) is 0 Å². The number of carbonyl (C=O) groups excluding carboxylic acids is 1. The van der Waals surface area contributed by atoms with E-state index < -0.39 is 6.04 Å². The Morgan fingerprint density at radius 2 is 1.75 bits per heavy atom. The highest BCUT2D eigenvalue weighted by Gasteiger charge is 2.35. The number of hydrogen-bond acceptors (Lipinski definition) is 4. The van der Waals surface area contributed by atoms with Crippen molar-refractivity contribution in [1.29, 1.82) is 0 Å². The molecule has 1 aliphatic rings. The van der Waals surface area contributed by atoms with Crippen LogP contribution in [0.2, 0.25) is 10.0 Å². The van der Waals surface area contributed by atoms with Crippen LogP contribution in [0, 0.1) is 5.92 Å². The predicted molar refractivity (Wildman–Crippen MR) is 144 cm³/mol. The molecule has 0 fully saturated rings. The van der Waals surface area contributed by atoms with Crippen molar-refractivity contribution in [2.45, 2.75) is 32.9 Å². The van der Waals surface area contributed by atoms with Crippen molar-refractivity contribution in [2.75, 3.05) is 4.90 Å². The van der Waals surface area contributed by atoms with E-state index in [1.165, 1.54) is 10.5 Å². The van der Waals surface area contributed by atoms with E-state index in [0.29, 0.717) is 38.3 Å². The zero-order valence-corrected chi connectivity index (χ0v) is 21.4. The van der Waals surface area contributed by atoms with Crippen LogP contribution in [-0.4, -0.2) is 27.0 Å². The second-order valence-electron chi connectivity index (χ2n) is 8.89. The SMILES string of the molecule is CC[C@H](C)[C@H]1N=C(c2ccccc2Cl)c2cc(Cl)ccc2N(Cc2cc(=O)n3ccccc3n2)C1=O. The third kappa shape index (κ3) is 4.43. The average Bonchev–Trinajstić information content (AvgIpc) is 2.98. The lowest BCUT2D eigenvalue weighted by atomic mass is 9.97. The quantitative estimate of drug-likeness (QED) is 0.335. The molecule has 0 spiro atoms. The minimum atomic E-state index is -0.644. The molecular weight excluding hydrogens is 495 g/mol. The van der Waals surface area contributed by atoms with Crippen LogP contribution in [0.4, 0.5) is 5.69 Å². The number of aliphatic imine (C=N–C) groups is 1. The third-order valence-electron chi connectivity index (χ3n) is 6.55. The minimum Gasteiger partial charge on any atom is -0.304 e. The molecular formula is C28H24Cl2N4O2. The largest absolute Gasteiger partial charge is 0.304 e. The van der Waals surface area contributed by atoms with Gasteiger partial charge in [0.25, 0.3) is 11.5 Å². The molecule has 8 heteroatoms. The number of hydrogen-bond donors (Lipinski definition) is 0. The molecule has 6 nitrogen and oxygen atoms in total. The highest BCUT2D eigenvalue weighted by Crippen LogP contribution is 2.35. The number of amides is 1. The zero-order chi connectivity index (χ0) is 25.4. The summed E-state index contributed by atoms with van der Waals surface area (Å²) in [6.45, 7) is 4.16. The Hall–Kier alpha value is -3.48. The highest BCUT2D eigenvalue weighted by molar-refractivity contribution is 6.37. The second-order valence-corrected chi connectivity index (χ2v) is 9.73. The van der Waals surface area contributed by atoms with E-state index in [9.17, 15) is 9.59 Å². The second kappa shape index (κ2) is 9.88. The van der Waals surface area contributed by atoms with E-state index >= 15 is 0 Å². The summed E-state index contributed by atoms with van der Waals surface area (Å²) in [4.78, 5) is 38.1. The van der Waals surface area contributed by atoms with Gasteiger partial charge in [0.15, 0.2) is 0 Å². The fourth-order valence-corrected chi connectivity index (χ4v) is 4.84. The number of fused-ring (bicyclic) bond motifs is 2. The number of anilines is 1. The molecule has 0 N–H and O–H groups in total. The molecule has 0 saturated carbocycles. The summed E-state index contributed by atoms with van der Waals surface area (Å²) >= 11 is 13.0. The summed E-state index contributed by atoms with van der Waals surface area (Å²) in [5, 5.41) is 1.06. The molecule has 0 radical (unpaired) electrons. The number of aromatic nitrogens is 2. The van der Waals surface area contributed by atoms with Crippen LogP contribution in [0.3, 0.4) is 0 Å². The summed E-state index contributed by atoms with van der Waals surface area (Å²) in [6, 6.07) is 19.0. The van der Waals surface area contributed by atoms with Gasteiger partial charge in [-0.25, -0.2) is 4.98 Å². The van der Waals surface area contributed by atoms with Crippen LogP contribution in [0.5, 0.6) is 0 Å². The highest BCUT2D eigenvalue weighted by atomic mass is 35.5. The standard InChI is InChI=1S/C28H24Cl2N4O2/c1-3-17(2)26-28(36)34(16-19-15-25(35)33-13-7-6-10-24(33)31-19)23-12-11-18(29)14-21(23)27(32-26)20-8-4-5-9-22(20)30/h4-15,17,26H,3,16H2,1-2H3/t17-,26+/m0/s1. The predicted octanol–water partition coefficient (Wildman–Crippen LogP) is 5.80. The average molecular weight is 519 g/mol. The van der Waals surface area contributed by atoms with Crippen LogP contribution in [-0.2, 0) is 11.3 Å². The normalized spacial score (nSPS) is 16.4. The van der Waals surface area contributed by atoms with E-state index in [4.69, 9.17) is 28.2 Å². The number of nitrogens with zero attached hydrogens (tertiary/aromatic N) is 4. The van der Waals surface area contributed by atoms with Gasteiger partial charge in [0, 0.05) is 33.4 Å². The molecule has 182 valence electrons. The van der Waals surface area contributed by atoms with Gasteiger partial charge in [-0.05, 0) is 42.3 Å². The van der Waals surface area contributed by atoms with Crippen molar-refractivity contribution >= 4 is 46.2 Å². The molecule has 3 heterocycles. The van der Waals surface area contributed by atoms with Gasteiger partial charge in [-0.3, -0.25) is 19.0 Å². The summed E-state index contributed by atoms with van der Waals surface area (Å²) < 4.78 is 1.47. The topological polar surface area (TPSA) is 67.0 Å². The monoisotopic (exact) mass is 518 g/mol. The maximum atomic E-state index is 14.0. The van der Waals surface area contributed by atoms with Crippen molar-refractivity contribution < 1.29 is 4.79 Å². The number of carbonyl (C=O) groups is 1. The number of benzodiazepines with no additional fused rings is 1. The number of pyridine rings is 1. The van der Waals surface area contributed by atoms with Gasteiger partial charge >= 0.3 is 0 Å².